The van der Waals surface area contributed by atoms with Crippen LogP contribution in [-0.2, 0) is 6.42 Å². The monoisotopic (exact) mass is 484 g/mol. The number of anilines is 1. The molecule has 0 saturated carbocycles. The van der Waals surface area contributed by atoms with E-state index >= 15 is 0 Å². The number of aromatic nitrogens is 4. The van der Waals surface area contributed by atoms with E-state index in [2.05, 4.69) is 49.1 Å². The molecule has 8 nitrogen and oxygen atoms in total. The van der Waals surface area contributed by atoms with Crippen molar-refractivity contribution in [3.63, 3.8) is 0 Å². The van der Waals surface area contributed by atoms with E-state index in [9.17, 15) is 0 Å². The van der Waals surface area contributed by atoms with Gasteiger partial charge in [-0.3, -0.25) is 10.1 Å². The number of hydrogen-bond donors (Lipinski definition) is 2. The Kier molecular flexibility index (Phi) is 8.76. The van der Waals surface area contributed by atoms with Crippen molar-refractivity contribution < 1.29 is 0 Å². The van der Waals surface area contributed by atoms with Gasteiger partial charge in [0.25, 0.3) is 0 Å². The highest BCUT2D eigenvalue weighted by Gasteiger charge is 2.20. The summed E-state index contributed by atoms with van der Waals surface area (Å²) < 4.78 is 0. The molecule has 0 amide bonds. The van der Waals surface area contributed by atoms with Crippen LogP contribution in [0.15, 0.2) is 29.6 Å². The minimum atomic E-state index is 0. The van der Waals surface area contributed by atoms with Crippen LogP contribution < -0.4 is 10.2 Å². The molecule has 1 aliphatic heterocycles. The highest BCUT2D eigenvalue weighted by atomic mass is 127. The van der Waals surface area contributed by atoms with E-state index in [1.165, 1.54) is 5.56 Å². The minimum Gasteiger partial charge on any atom is -0.357 e. The molecule has 1 saturated heterocycles. The van der Waals surface area contributed by atoms with Gasteiger partial charge in [0.15, 0.2) is 5.96 Å². The van der Waals surface area contributed by atoms with Gasteiger partial charge in [0.2, 0.25) is 5.95 Å². The Morgan fingerprint density at radius 3 is 2.59 bits per heavy atom. The minimum absolute atomic E-state index is 0. The summed E-state index contributed by atoms with van der Waals surface area (Å²) in [6, 6.07) is 1.85. The second-order valence-corrected chi connectivity index (χ2v) is 6.38. The standard InChI is InChI=1S/C18H28N8.HI/c1-3-19-17(20-7-4-6-16-14-23-24-15(16)2)25-10-12-26(13-11-25)18-21-8-5-9-22-18;/h5,8-9,14H,3-4,6-7,10-13H2,1-2H3,(H,19,20)(H,23,24);1H. The van der Waals surface area contributed by atoms with Crippen LogP contribution >= 0.6 is 24.0 Å². The first kappa shape index (κ1) is 21.4. The molecule has 2 aromatic heterocycles. The van der Waals surface area contributed by atoms with Crippen molar-refractivity contribution in [2.24, 2.45) is 4.99 Å². The zero-order valence-electron chi connectivity index (χ0n) is 16.1. The Bertz CT molecular complexity index is 694. The quantitative estimate of drug-likeness (QED) is 0.282. The Hall–Kier alpha value is -1.91. The fourth-order valence-corrected chi connectivity index (χ4v) is 3.08. The molecular formula is C18H29IN8. The summed E-state index contributed by atoms with van der Waals surface area (Å²) in [7, 11) is 0. The van der Waals surface area contributed by atoms with Crippen LogP contribution in [0.5, 0.6) is 0 Å². The van der Waals surface area contributed by atoms with Gasteiger partial charge in [0, 0.05) is 57.4 Å². The molecule has 0 bridgehead atoms. The molecule has 0 atom stereocenters. The lowest BCUT2D eigenvalue weighted by Crippen LogP contribution is -2.53. The summed E-state index contributed by atoms with van der Waals surface area (Å²) >= 11 is 0. The fraction of sp³-hybridized carbons (Fsp3) is 0.556. The molecule has 9 heteroatoms. The lowest BCUT2D eigenvalue weighted by atomic mass is 10.1. The lowest BCUT2D eigenvalue weighted by molar-refractivity contribution is 0.370. The van der Waals surface area contributed by atoms with E-state index in [1.807, 2.05) is 12.3 Å². The number of H-pyrrole nitrogens is 1. The van der Waals surface area contributed by atoms with Crippen LogP contribution in [0.4, 0.5) is 5.95 Å². The van der Waals surface area contributed by atoms with Gasteiger partial charge in [-0.15, -0.1) is 24.0 Å². The first-order chi connectivity index (χ1) is 12.8. The van der Waals surface area contributed by atoms with Crippen molar-refractivity contribution in [3.8, 4) is 0 Å². The summed E-state index contributed by atoms with van der Waals surface area (Å²) in [5.74, 6) is 1.81. The van der Waals surface area contributed by atoms with Gasteiger partial charge in [0.1, 0.15) is 0 Å². The zero-order chi connectivity index (χ0) is 18.2. The molecule has 3 rings (SSSR count). The van der Waals surface area contributed by atoms with E-state index in [-0.39, 0.29) is 24.0 Å². The van der Waals surface area contributed by atoms with Gasteiger partial charge >= 0.3 is 0 Å². The maximum atomic E-state index is 4.82. The summed E-state index contributed by atoms with van der Waals surface area (Å²) in [6.45, 7) is 9.52. The molecule has 0 radical (unpaired) electrons. The Balaban J connectivity index is 0.00000261. The number of aromatic amines is 1. The molecular weight excluding hydrogens is 455 g/mol. The number of nitrogens with zero attached hydrogens (tertiary/aromatic N) is 6. The Morgan fingerprint density at radius 1 is 1.22 bits per heavy atom. The van der Waals surface area contributed by atoms with E-state index in [1.54, 1.807) is 12.4 Å². The summed E-state index contributed by atoms with van der Waals surface area (Å²) in [5.41, 5.74) is 2.43. The summed E-state index contributed by atoms with van der Waals surface area (Å²) in [5, 5.41) is 10.5. The van der Waals surface area contributed by atoms with E-state index in [0.717, 1.165) is 69.7 Å². The third kappa shape index (κ3) is 6.05. The molecule has 1 fully saturated rings. The van der Waals surface area contributed by atoms with Crippen LogP contribution in [0, 0.1) is 6.92 Å². The Morgan fingerprint density at radius 2 is 1.96 bits per heavy atom. The van der Waals surface area contributed by atoms with E-state index in [0.29, 0.717) is 0 Å². The van der Waals surface area contributed by atoms with Crippen LogP contribution in [0.3, 0.4) is 0 Å². The van der Waals surface area contributed by atoms with Gasteiger partial charge in [-0.1, -0.05) is 0 Å². The highest BCUT2D eigenvalue weighted by Crippen LogP contribution is 2.10. The van der Waals surface area contributed by atoms with E-state index in [4.69, 9.17) is 4.99 Å². The third-order valence-electron chi connectivity index (χ3n) is 4.55. The average Bonchev–Trinajstić information content (AvgIpc) is 3.10. The van der Waals surface area contributed by atoms with Gasteiger partial charge in [-0.25, -0.2) is 9.97 Å². The summed E-state index contributed by atoms with van der Waals surface area (Å²) in [6.07, 6.45) is 7.52. The predicted molar refractivity (Wildman–Crippen MR) is 119 cm³/mol. The van der Waals surface area contributed by atoms with Gasteiger partial charge in [0.05, 0.1) is 6.20 Å². The number of nitrogens with one attached hydrogen (secondary N) is 2. The average molecular weight is 484 g/mol. The predicted octanol–water partition coefficient (Wildman–Crippen LogP) is 1.85. The first-order valence-electron chi connectivity index (χ1n) is 9.32. The number of aliphatic imine (C=N–C) groups is 1. The molecule has 3 heterocycles. The van der Waals surface area contributed by atoms with Gasteiger partial charge in [-0.2, -0.15) is 5.10 Å². The number of piperazine rings is 1. The van der Waals surface area contributed by atoms with Gasteiger partial charge < -0.3 is 15.1 Å². The highest BCUT2D eigenvalue weighted by molar-refractivity contribution is 14.0. The van der Waals surface area contributed by atoms with Crippen LogP contribution in [0.1, 0.15) is 24.6 Å². The van der Waals surface area contributed by atoms with Crippen LogP contribution in [0.2, 0.25) is 0 Å². The number of aryl methyl sites for hydroxylation is 2. The van der Waals surface area contributed by atoms with Crippen molar-refractivity contribution >= 4 is 35.9 Å². The maximum absolute atomic E-state index is 4.82. The molecule has 0 aliphatic carbocycles. The molecule has 0 spiro atoms. The summed E-state index contributed by atoms with van der Waals surface area (Å²) in [4.78, 5) is 18.1. The van der Waals surface area contributed by atoms with Crippen molar-refractivity contribution in [1.29, 1.82) is 0 Å². The normalized spacial score (nSPS) is 14.8. The SMILES string of the molecule is CCNC(=NCCCc1cn[nH]c1C)N1CCN(c2ncccn2)CC1.I. The largest absolute Gasteiger partial charge is 0.357 e. The molecule has 27 heavy (non-hydrogen) atoms. The third-order valence-corrected chi connectivity index (χ3v) is 4.55. The van der Waals surface area contributed by atoms with Crippen molar-refractivity contribution in [3.05, 3.63) is 35.9 Å². The zero-order valence-corrected chi connectivity index (χ0v) is 18.4. The number of rotatable bonds is 6. The van der Waals surface area contributed by atoms with E-state index < -0.39 is 0 Å². The molecule has 148 valence electrons. The number of hydrogen-bond acceptors (Lipinski definition) is 5. The Labute approximate surface area is 177 Å². The number of halogens is 1. The fourth-order valence-electron chi connectivity index (χ4n) is 3.08. The van der Waals surface area contributed by atoms with Crippen LogP contribution in [-0.4, -0.2) is 70.3 Å². The van der Waals surface area contributed by atoms with Crippen molar-refractivity contribution in [1.82, 2.24) is 30.4 Å². The van der Waals surface area contributed by atoms with Crippen molar-refractivity contribution in [2.45, 2.75) is 26.7 Å². The second kappa shape index (κ2) is 11.1. The lowest BCUT2D eigenvalue weighted by Gasteiger charge is -2.36. The molecule has 2 aromatic rings. The van der Waals surface area contributed by atoms with Crippen LogP contribution in [0.25, 0.3) is 0 Å². The molecule has 0 unspecified atom stereocenters. The van der Waals surface area contributed by atoms with Gasteiger partial charge in [-0.05, 0) is 38.3 Å². The van der Waals surface area contributed by atoms with Crippen molar-refractivity contribution in [2.75, 3.05) is 44.2 Å². The molecule has 1 aliphatic rings. The smallest absolute Gasteiger partial charge is 0.225 e. The maximum Gasteiger partial charge on any atom is 0.225 e. The first-order valence-corrected chi connectivity index (χ1v) is 9.32. The topological polar surface area (TPSA) is 85.3 Å². The second-order valence-electron chi connectivity index (χ2n) is 6.38. The molecule has 0 aromatic carbocycles. The number of guanidine groups is 1. The molecule has 2 N–H and O–H groups in total.